The molecule has 3 rings (SSSR count). The number of carboxylic acid groups (broad SMARTS) is 1. The van der Waals surface area contributed by atoms with Crippen molar-refractivity contribution in [2.75, 3.05) is 26.4 Å². The van der Waals surface area contributed by atoms with Gasteiger partial charge in [0.25, 0.3) is 0 Å². The number of nitrogens with zero attached hydrogens (tertiary/aromatic N) is 1. The summed E-state index contributed by atoms with van der Waals surface area (Å²) >= 11 is 0. The van der Waals surface area contributed by atoms with Crippen LogP contribution >= 0.6 is 0 Å². The smallest absolute Gasteiger partial charge is 0.309 e. The van der Waals surface area contributed by atoms with Crippen molar-refractivity contribution in [3.63, 3.8) is 0 Å². The summed E-state index contributed by atoms with van der Waals surface area (Å²) in [4.78, 5) is 13.6. The summed E-state index contributed by atoms with van der Waals surface area (Å²) in [7, 11) is 0. The Bertz CT molecular complexity index is 535. The molecule has 1 aromatic carbocycles. The van der Waals surface area contributed by atoms with E-state index in [1.54, 1.807) is 0 Å². The lowest BCUT2D eigenvalue weighted by atomic mass is 9.80. The van der Waals surface area contributed by atoms with Crippen molar-refractivity contribution < 1.29 is 19.4 Å². The first-order valence-corrected chi connectivity index (χ1v) is 7.41. The van der Waals surface area contributed by atoms with Gasteiger partial charge in [0.1, 0.15) is 0 Å². The Kier molecular flexibility index (Phi) is 3.76. The van der Waals surface area contributed by atoms with Gasteiger partial charge in [0.15, 0.2) is 11.5 Å². The summed E-state index contributed by atoms with van der Waals surface area (Å²) < 4.78 is 10.7. The van der Waals surface area contributed by atoms with E-state index in [1.165, 1.54) is 5.56 Å². The first kappa shape index (κ1) is 14.2. The third-order valence-electron chi connectivity index (χ3n) is 4.63. The van der Waals surface area contributed by atoms with Gasteiger partial charge < -0.3 is 19.5 Å². The van der Waals surface area contributed by atoms with Crippen molar-refractivity contribution in [3.05, 3.63) is 23.8 Å². The van der Waals surface area contributed by atoms with Crippen molar-refractivity contribution >= 4 is 5.97 Å². The zero-order valence-electron chi connectivity index (χ0n) is 12.3. The Balaban J connectivity index is 1.51. The van der Waals surface area contributed by atoms with Gasteiger partial charge in [0.2, 0.25) is 6.79 Å². The van der Waals surface area contributed by atoms with Gasteiger partial charge in [-0.3, -0.25) is 4.79 Å². The highest BCUT2D eigenvalue weighted by molar-refractivity contribution is 5.74. The molecule has 5 heteroatoms. The Hall–Kier alpha value is -1.75. The summed E-state index contributed by atoms with van der Waals surface area (Å²) in [6.07, 6.45) is 2.40. The molecular formula is C16H21NO4. The van der Waals surface area contributed by atoms with Gasteiger partial charge in [0, 0.05) is 6.54 Å². The summed E-state index contributed by atoms with van der Waals surface area (Å²) in [6, 6.07) is 6.06. The van der Waals surface area contributed by atoms with Crippen LogP contribution in [0.3, 0.4) is 0 Å². The summed E-state index contributed by atoms with van der Waals surface area (Å²) in [6.45, 7) is 4.82. The second-order valence-electron chi connectivity index (χ2n) is 6.15. The molecule has 0 radical (unpaired) electrons. The van der Waals surface area contributed by atoms with Crippen molar-refractivity contribution in [3.8, 4) is 11.5 Å². The van der Waals surface area contributed by atoms with Crippen LogP contribution in [0.15, 0.2) is 18.2 Å². The van der Waals surface area contributed by atoms with Crippen LogP contribution in [0.1, 0.15) is 25.3 Å². The molecule has 0 unspecified atom stereocenters. The number of rotatable bonds is 4. The number of aliphatic carboxylic acids is 1. The van der Waals surface area contributed by atoms with Gasteiger partial charge in [-0.2, -0.15) is 0 Å². The van der Waals surface area contributed by atoms with Crippen LogP contribution in [-0.2, 0) is 11.2 Å². The molecule has 0 spiro atoms. The van der Waals surface area contributed by atoms with Crippen LogP contribution in [-0.4, -0.2) is 42.4 Å². The predicted octanol–water partition coefficient (Wildman–Crippen LogP) is 2.14. The minimum absolute atomic E-state index is 0.304. The lowest BCUT2D eigenvalue weighted by Gasteiger charge is -2.36. The van der Waals surface area contributed by atoms with E-state index in [1.807, 2.05) is 19.1 Å². The normalized spacial score (nSPS) is 20.4. The van der Waals surface area contributed by atoms with E-state index in [0.717, 1.165) is 50.4 Å². The zero-order chi connectivity index (χ0) is 14.9. The molecule has 1 saturated heterocycles. The third kappa shape index (κ3) is 2.97. The maximum absolute atomic E-state index is 11.2. The lowest BCUT2D eigenvalue weighted by molar-refractivity contribution is -0.150. The van der Waals surface area contributed by atoms with E-state index in [9.17, 15) is 9.90 Å². The maximum atomic E-state index is 11.2. The zero-order valence-corrected chi connectivity index (χ0v) is 12.3. The van der Waals surface area contributed by atoms with Crippen molar-refractivity contribution in [2.45, 2.75) is 26.2 Å². The number of hydrogen-bond acceptors (Lipinski definition) is 4. The van der Waals surface area contributed by atoms with E-state index < -0.39 is 11.4 Å². The number of piperidine rings is 1. The topological polar surface area (TPSA) is 59.0 Å². The Morgan fingerprint density at radius 3 is 2.71 bits per heavy atom. The van der Waals surface area contributed by atoms with Crippen molar-refractivity contribution in [1.82, 2.24) is 4.90 Å². The molecular weight excluding hydrogens is 270 g/mol. The Morgan fingerprint density at radius 1 is 1.29 bits per heavy atom. The van der Waals surface area contributed by atoms with Crippen molar-refractivity contribution in [1.29, 1.82) is 0 Å². The van der Waals surface area contributed by atoms with E-state index in [4.69, 9.17) is 9.47 Å². The molecule has 1 fully saturated rings. The quantitative estimate of drug-likeness (QED) is 0.921. The standard InChI is InChI=1S/C16H21NO4/c1-16(15(18)19)5-8-17(9-6-16)7-4-12-2-3-13-14(10-12)21-11-20-13/h2-3,10H,4-9,11H2,1H3,(H,18,19). The average molecular weight is 291 g/mol. The van der Waals surface area contributed by atoms with Crippen LogP contribution in [0.5, 0.6) is 11.5 Å². The molecule has 0 aromatic heterocycles. The summed E-state index contributed by atoms with van der Waals surface area (Å²) in [5.41, 5.74) is 0.681. The van der Waals surface area contributed by atoms with Crippen LogP contribution in [0.25, 0.3) is 0 Å². The van der Waals surface area contributed by atoms with Crippen LogP contribution in [0.4, 0.5) is 0 Å². The second-order valence-corrected chi connectivity index (χ2v) is 6.15. The fourth-order valence-corrected chi connectivity index (χ4v) is 2.87. The number of hydrogen-bond donors (Lipinski definition) is 1. The maximum Gasteiger partial charge on any atom is 0.309 e. The molecule has 2 aliphatic heterocycles. The number of fused-ring (bicyclic) bond motifs is 1. The molecule has 114 valence electrons. The predicted molar refractivity (Wildman–Crippen MR) is 77.7 cm³/mol. The van der Waals surface area contributed by atoms with Gasteiger partial charge in [0.05, 0.1) is 5.41 Å². The number of benzene rings is 1. The van der Waals surface area contributed by atoms with E-state index in [0.29, 0.717) is 6.79 Å². The number of carbonyl (C=O) groups is 1. The largest absolute Gasteiger partial charge is 0.481 e. The minimum atomic E-state index is -0.669. The molecule has 2 aliphatic rings. The van der Waals surface area contributed by atoms with E-state index in [-0.39, 0.29) is 0 Å². The highest BCUT2D eigenvalue weighted by Crippen LogP contribution is 2.33. The molecule has 0 aliphatic carbocycles. The fourth-order valence-electron chi connectivity index (χ4n) is 2.87. The van der Waals surface area contributed by atoms with Crippen LogP contribution < -0.4 is 9.47 Å². The van der Waals surface area contributed by atoms with E-state index in [2.05, 4.69) is 11.0 Å². The Labute approximate surface area is 124 Å². The first-order valence-electron chi connectivity index (χ1n) is 7.41. The highest BCUT2D eigenvalue weighted by Gasteiger charge is 2.36. The Morgan fingerprint density at radius 2 is 2.00 bits per heavy atom. The number of ether oxygens (including phenoxy) is 2. The van der Waals surface area contributed by atoms with Gasteiger partial charge in [-0.1, -0.05) is 6.07 Å². The van der Waals surface area contributed by atoms with Gasteiger partial charge in [-0.15, -0.1) is 0 Å². The molecule has 0 atom stereocenters. The number of likely N-dealkylation sites (tertiary alicyclic amines) is 1. The number of carboxylic acids is 1. The van der Waals surface area contributed by atoms with Gasteiger partial charge in [-0.25, -0.2) is 0 Å². The van der Waals surface area contributed by atoms with Gasteiger partial charge in [-0.05, 0) is 57.0 Å². The molecule has 2 heterocycles. The fraction of sp³-hybridized carbons (Fsp3) is 0.562. The van der Waals surface area contributed by atoms with Gasteiger partial charge >= 0.3 is 5.97 Å². The molecule has 0 saturated carbocycles. The molecule has 1 N–H and O–H groups in total. The molecule has 21 heavy (non-hydrogen) atoms. The van der Waals surface area contributed by atoms with Crippen LogP contribution in [0.2, 0.25) is 0 Å². The van der Waals surface area contributed by atoms with E-state index >= 15 is 0 Å². The lowest BCUT2D eigenvalue weighted by Crippen LogP contribution is -2.43. The highest BCUT2D eigenvalue weighted by atomic mass is 16.7. The molecule has 1 aromatic rings. The second kappa shape index (κ2) is 5.56. The first-order chi connectivity index (χ1) is 10.1. The molecule has 0 bridgehead atoms. The average Bonchev–Trinajstić information content (AvgIpc) is 2.94. The summed E-state index contributed by atoms with van der Waals surface area (Å²) in [5.74, 6) is 0.969. The minimum Gasteiger partial charge on any atom is -0.481 e. The SMILES string of the molecule is CC1(C(=O)O)CCN(CCc2ccc3c(c2)OCO3)CC1. The van der Waals surface area contributed by atoms with Crippen LogP contribution in [0, 0.1) is 5.41 Å². The van der Waals surface area contributed by atoms with Crippen molar-refractivity contribution in [2.24, 2.45) is 5.41 Å². The third-order valence-corrected chi connectivity index (χ3v) is 4.63. The molecule has 0 amide bonds. The summed E-state index contributed by atoms with van der Waals surface area (Å²) in [5, 5.41) is 9.24. The molecule has 5 nitrogen and oxygen atoms in total. The monoisotopic (exact) mass is 291 g/mol.